The Morgan fingerprint density at radius 1 is 1.00 bits per heavy atom. The van der Waals surface area contributed by atoms with Gasteiger partial charge < -0.3 is 14.2 Å². The van der Waals surface area contributed by atoms with E-state index in [0.717, 1.165) is 28.8 Å². The molecule has 0 saturated carbocycles. The van der Waals surface area contributed by atoms with Crippen LogP contribution >= 0.6 is 15.9 Å². The summed E-state index contributed by atoms with van der Waals surface area (Å²) in [5.74, 6) is 2.15. The number of methoxy groups -OCH3 is 2. The van der Waals surface area contributed by atoms with Gasteiger partial charge in [0.25, 0.3) is 0 Å². The van der Waals surface area contributed by atoms with E-state index in [4.69, 9.17) is 14.2 Å². The molecule has 108 valence electrons. The zero-order chi connectivity index (χ0) is 14.1. The number of halogens is 1. The van der Waals surface area contributed by atoms with E-state index in [0.29, 0.717) is 12.4 Å². The zero-order valence-electron chi connectivity index (χ0n) is 12.0. The molecule has 0 aliphatic rings. The van der Waals surface area contributed by atoms with E-state index in [9.17, 15) is 0 Å². The molecule has 1 aromatic rings. The number of unbranched alkanes of at least 4 members (excludes halogenated alkanes) is 3. The second-order valence-electron chi connectivity index (χ2n) is 4.37. The molecule has 0 aromatic heterocycles. The number of ether oxygens (including phenoxy) is 3. The summed E-state index contributed by atoms with van der Waals surface area (Å²) in [5, 5.41) is 0.760. The SMILES string of the molecule is CCCCCCOc1c(OC)cc(CBr)cc1OC. The van der Waals surface area contributed by atoms with Crippen LogP contribution in [0.25, 0.3) is 0 Å². The van der Waals surface area contributed by atoms with E-state index < -0.39 is 0 Å². The highest BCUT2D eigenvalue weighted by atomic mass is 79.9. The fourth-order valence-corrected chi connectivity index (χ4v) is 2.18. The summed E-state index contributed by atoms with van der Waals surface area (Å²) < 4.78 is 16.6. The number of rotatable bonds is 9. The monoisotopic (exact) mass is 330 g/mol. The van der Waals surface area contributed by atoms with Gasteiger partial charge in [0.1, 0.15) is 0 Å². The Kier molecular flexibility index (Phi) is 7.72. The van der Waals surface area contributed by atoms with E-state index in [1.54, 1.807) is 14.2 Å². The van der Waals surface area contributed by atoms with Gasteiger partial charge in [0.05, 0.1) is 20.8 Å². The van der Waals surface area contributed by atoms with Gasteiger partial charge >= 0.3 is 0 Å². The number of hydrogen-bond acceptors (Lipinski definition) is 3. The van der Waals surface area contributed by atoms with E-state index in [1.165, 1.54) is 19.3 Å². The second kappa shape index (κ2) is 9.08. The molecule has 0 aliphatic carbocycles. The normalized spacial score (nSPS) is 10.3. The van der Waals surface area contributed by atoms with Crippen LogP contribution in [-0.2, 0) is 5.33 Å². The van der Waals surface area contributed by atoms with Crippen LogP contribution in [0.5, 0.6) is 17.2 Å². The maximum absolute atomic E-state index is 5.83. The molecule has 0 amide bonds. The van der Waals surface area contributed by atoms with Crippen molar-refractivity contribution in [2.75, 3.05) is 20.8 Å². The first kappa shape index (κ1) is 16.2. The topological polar surface area (TPSA) is 27.7 Å². The van der Waals surface area contributed by atoms with Crippen molar-refractivity contribution >= 4 is 15.9 Å². The fourth-order valence-electron chi connectivity index (χ4n) is 1.86. The van der Waals surface area contributed by atoms with Crippen LogP contribution in [0.2, 0.25) is 0 Å². The predicted octanol–water partition coefficient (Wildman–Crippen LogP) is 4.56. The van der Waals surface area contributed by atoms with Crippen LogP contribution in [0.3, 0.4) is 0 Å². The Labute approximate surface area is 124 Å². The highest BCUT2D eigenvalue weighted by Crippen LogP contribution is 2.39. The molecule has 0 bridgehead atoms. The summed E-state index contributed by atoms with van der Waals surface area (Å²) in [6, 6.07) is 3.94. The van der Waals surface area contributed by atoms with Gasteiger partial charge in [-0.3, -0.25) is 0 Å². The largest absolute Gasteiger partial charge is 0.493 e. The molecule has 0 spiro atoms. The van der Waals surface area contributed by atoms with Crippen LogP contribution in [0.4, 0.5) is 0 Å². The smallest absolute Gasteiger partial charge is 0.203 e. The maximum atomic E-state index is 5.83. The standard InChI is InChI=1S/C15H23BrO3/c1-4-5-6-7-8-19-15-13(17-2)9-12(11-16)10-14(15)18-3/h9-10H,4-8,11H2,1-3H3. The van der Waals surface area contributed by atoms with Crippen molar-refractivity contribution in [1.29, 1.82) is 0 Å². The minimum atomic E-state index is 0.695. The van der Waals surface area contributed by atoms with Crippen LogP contribution in [0.15, 0.2) is 12.1 Å². The summed E-state index contributed by atoms with van der Waals surface area (Å²) in [4.78, 5) is 0. The van der Waals surface area contributed by atoms with E-state index in [1.807, 2.05) is 12.1 Å². The van der Waals surface area contributed by atoms with Gasteiger partial charge in [-0.25, -0.2) is 0 Å². The Bertz CT molecular complexity index is 355. The van der Waals surface area contributed by atoms with E-state index in [2.05, 4.69) is 22.9 Å². The molecule has 1 aromatic carbocycles. The second-order valence-corrected chi connectivity index (χ2v) is 4.93. The van der Waals surface area contributed by atoms with Crippen LogP contribution in [0, 0.1) is 0 Å². The third kappa shape index (κ3) is 4.94. The Morgan fingerprint density at radius 3 is 2.11 bits per heavy atom. The third-order valence-corrected chi connectivity index (χ3v) is 3.57. The summed E-state index contributed by atoms with van der Waals surface area (Å²) in [7, 11) is 3.30. The molecule has 0 N–H and O–H groups in total. The average molecular weight is 331 g/mol. The number of hydrogen-bond donors (Lipinski definition) is 0. The van der Waals surface area contributed by atoms with Crippen molar-refractivity contribution in [2.45, 2.75) is 37.9 Å². The average Bonchev–Trinajstić information content (AvgIpc) is 2.46. The zero-order valence-corrected chi connectivity index (χ0v) is 13.6. The molecule has 4 heteroatoms. The van der Waals surface area contributed by atoms with Gasteiger partial charge in [-0.2, -0.15) is 0 Å². The van der Waals surface area contributed by atoms with Crippen molar-refractivity contribution in [2.24, 2.45) is 0 Å². The first-order valence-electron chi connectivity index (χ1n) is 6.70. The first-order chi connectivity index (χ1) is 9.26. The summed E-state index contributed by atoms with van der Waals surface area (Å²) in [5.41, 5.74) is 1.10. The highest BCUT2D eigenvalue weighted by molar-refractivity contribution is 9.08. The van der Waals surface area contributed by atoms with Crippen LogP contribution in [-0.4, -0.2) is 20.8 Å². The molecule has 0 heterocycles. The Balaban J connectivity index is 2.73. The first-order valence-corrected chi connectivity index (χ1v) is 7.82. The molecule has 0 radical (unpaired) electrons. The molecule has 0 unspecified atom stereocenters. The molecule has 19 heavy (non-hydrogen) atoms. The number of benzene rings is 1. The lowest BCUT2D eigenvalue weighted by Gasteiger charge is -2.15. The van der Waals surface area contributed by atoms with Gasteiger partial charge in [-0.1, -0.05) is 42.1 Å². The molecule has 0 fully saturated rings. The molecule has 0 atom stereocenters. The number of alkyl halides is 1. The molecule has 0 aliphatic heterocycles. The minimum absolute atomic E-state index is 0.695. The molecule has 1 rings (SSSR count). The van der Waals surface area contributed by atoms with Crippen LogP contribution < -0.4 is 14.2 Å². The van der Waals surface area contributed by atoms with Gasteiger partial charge in [0, 0.05) is 5.33 Å². The highest BCUT2D eigenvalue weighted by Gasteiger charge is 2.13. The van der Waals surface area contributed by atoms with Gasteiger partial charge in [0.2, 0.25) is 5.75 Å². The summed E-state index contributed by atoms with van der Waals surface area (Å²) in [6.45, 7) is 2.90. The maximum Gasteiger partial charge on any atom is 0.203 e. The van der Waals surface area contributed by atoms with Crippen LogP contribution in [0.1, 0.15) is 38.2 Å². The molecular weight excluding hydrogens is 308 g/mol. The molecule has 0 saturated heterocycles. The van der Waals surface area contributed by atoms with Gasteiger partial charge in [-0.15, -0.1) is 0 Å². The summed E-state index contributed by atoms with van der Waals surface area (Å²) in [6.07, 6.45) is 4.73. The summed E-state index contributed by atoms with van der Waals surface area (Å²) >= 11 is 3.44. The van der Waals surface area contributed by atoms with Gasteiger partial charge in [0.15, 0.2) is 11.5 Å². The van der Waals surface area contributed by atoms with Crippen molar-refractivity contribution < 1.29 is 14.2 Å². The third-order valence-electron chi connectivity index (χ3n) is 2.92. The van der Waals surface area contributed by atoms with Crippen molar-refractivity contribution in [3.63, 3.8) is 0 Å². The molecular formula is C15H23BrO3. The lowest BCUT2D eigenvalue weighted by atomic mass is 10.2. The quantitative estimate of drug-likeness (QED) is 0.490. The Morgan fingerprint density at radius 2 is 1.63 bits per heavy atom. The van der Waals surface area contributed by atoms with Crippen molar-refractivity contribution in [1.82, 2.24) is 0 Å². The van der Waals surface area contributed by atoms with Crippen molar-refractivity contribution in [3.05, 3.63) is 17.7 Å². The van der Waals surface area contributed by atoms with Gasteiger partial charge in [-0.05, 0) is 24.1 Å². The van der Waals surface area contributed by atoms with E-state index >= 15 is 0 Å². The van der Waals surface area contributed by atoms with Crippen molar-refractivity contribution in [3.8, 4) is 17.2 Å². The van der Waals surface area contributed by atoms with E-state index in [-0.39, 0.29) is 0 Å². The predicted molar refractivity (Wildman–Crippen MR) is 81.8 cm³/mol. The Hall–Kier alpha value is -0.900. The minimum Gasteiger partial charge on any atom is -0.493 e. The fraction of sp³-hybridized carbons (Fsp3) is 0.600. The lowest BCUT2D eigenvalue weighted by molar-refractivity contribution is 0.267. The lowest BCUT2D eigenvalue weighted by Crippen LogP contribution is -2.02. The molecule has 3 nitrogen and oxygen atoms in total.